The standard InChI is InChI=1S/C30H34F6N4O2.2ClH/c1-2-24-19-42-12-11-39(24)9-7-38-8-10-40(25(18-38)15-21-17-37-27-6-4-3-5-26(21)27)28(41)20-13-22(29(31,32)33)16-23(14-20)30(34,35)36;;/h3-6,13-14,16-17,24-25,37H,2,7-12,15,18-19H2,1H3;2*1H/t24-,25+;;/m0../s1. The molecule has 244 valence electrons. The second kappa shape index (κ2) is 14.7. The van der Waals surface area contributed by atoms with Gasteiger partial charge in [0.05, 0.1) is 24.3 Å². The number of amides is 1. The molecule has 2 aromatic carbocycles. The zero-order valence-electron chi connectivity index (χ0n) is 24.1. The Kier molecular flexibility index (Phi) is 12.0. The van der Waals surface area contributed by atoms with Gasteiger partial charge in [-0.15, -0.1) is 24.8 Å². The van der Waals surface area contributed by atoms with E-state index in [9.17, 15) is 31.1 Å². The van der Waals surface area contributed by atoms with E-state index in [0.717, 1.165) is 42.5 Å². The Balaban J connectivity index is 0.00000264. The van der Waals surface area contributed by atoms with Gasteiger partial charge in [-0.1, -0.05) is 25.1 Å². The van der Waals surface area contributed by atoms with Gasteiger partial charge in [0.1, 0.15) is 0 Å². The number of benzene rings is 2. The molecule has 2 aliphatic heterocycles. The molecule has 1 aromatic heterocycles. The summed E-state index contributed by atoms with van der Waals surface area (Å²) in [5.74, 6) is -0.838. The van der Waals surface area contributed by atoms with Crippen LogP contribution in [-0.2, 0) is 23.5 Å². The Labute approximate surface area is 264 Å². The van der Waals surface area contributed by atoms with Gasteiger partial charge >= 0.3 is 12.4 Å². The highest BCUT2D eigenvalue weighted by molar-refractivity contribution is 5.95. The fraction of sp³-hybridized carbons (Fsp3) is 0.500. The van der Waals surface area contributed by atoms with Crippen molar-refractivity contribution in [2.45, 2.75) is 44.2 Å². The topological polar surface area (TPSA) is 51.8 Å². The fourth-order valence-corrected chi connectivity index (χ4v) is 5.99. The average molecular weight is 670 g/mol. The number of carbonyl (C=O) groups is 1. The van der Waals surface area contributed by atoms with Crippen molar-refractivity contribution in [1.82, 2.24) is 19.7 Å². The number of hydrogen-bond acceptors (Lipinski definition) is 4. The van der Waals surface area contributed by atoms with Gasteiger partial charge in [0.15, 0.2) is 0 Å². The first kappa shape index (κ1) is 36.0. The minimum Gasteiger partial charge on any atom is -0.378 e. The molecule has 3 aromatic rings. The van der Waals surface area contributed by atoms with Gasteiger partial charge in [-0.05, 0) is 42.7 Å². The van der Waals surface area contributed by atoms with E-state index in [0.29, 0.717) is 50.9 Å². The van der Waals surface area contributed by atoms with Crippen molar-refractivity contribution in [3.8, 4) is 0 Å². The van der Waals surface area contributed by atoms with Gasteiger partial charge in [0, 0.05) is 74.0 Å². The number of alkyl halides is 6. The molecule has 1 amide bonds. The molecule has 0 spiro atoms. The normalized spacial score (nSPS) is 20.3. The van der Waals surface area contributed by atoms with Crippen LogP contribution in [0.2, 0.25) is 0 Å². The number of H-pyrrole nitrogens is 1. The molecular formula is C30H36Cl2F6N4O2. The molecule has 14 heteroatoms. The van der Waals surface area contributed by atoms with Gasteiger partial charge in [-0.2, -0.15) is 26.3 Å². The molecule has 2 aliphatic rings. The van der Waals surface area contributed by atoms with E-state index in [4.69, 9.17) is 4.74 Å². The van der Waals surface area contributed by atoms with E-state index in [1.54, 1.807) is 0 Å². The Hall–Kier alpha value is -2.51. The van der Waals surface area contributed by atoms with E-state index >= 15 is 0 Å². The number of nitrogens with zero attached hydrogens (tertiary/aromatic N) is 3. The molecule has 0 bridgehead atoms. The molecule has 1 N–H and O–H groups in total. The number of halogens is 8. The fourth-order valence-electron chi connectivity index (χ4n) is 5.99. The number of morpholine rings is 1. The van der Waals surface area contributed by atoms with Crippen LogP contribution < -0.4 is 0 Å². The number of fused-ring (bicyclic) bond motifs is 1. The number of piperazine rings is 1. The average Bonchev–Trinajstić information content (AvgIpc) is 3.37. The molecule has 2 atom stereocenters. The first-order valence-corrected chi connectivity index (χ1v) is 14.1. The molecule has 0 saturated carbocycles. The molecule has 44 heavy (non-hydrogen) atoms. The van der Waals surface area contributed by atoms with Crippen LogP contribution >= 0.6 is 24.8 Å². The summed E-state index contributed by atoms with van der Waals surface area (Å²) < 4.78 is 86.9. The number of hydrogen-bond donors (Lipinski definition) is 1. The first-order chi connectivity index (χ1) is 19.9. The van der Waals surface area contributed by atoms with Crippen LogP contribution in [0, 0.1) is 0 Å². The van der Waals surface area contributed by atoms with Gasteiger partial charge in [0.2, 0.25) is 0 Å². The Morgan fingerprint density at radius 3 is 2.27 bits per heavy atom. The van der Waals surface area contributed by atoms with Crippen molar-refractivity contribution in [3.63, 3.8) is 0 Å². The first-order valence-electron chi connectivity index (χ1n) is 14.1. The van der Waals surface area contributed by atoms with Crippen molar-refractivity contribution in [3.05, 3.63) is 70.9 Å². The van der Waals surface area contributed by atoms with Gasteiger partial charge in [-0.3, -0.25) is 14.6 Å². The summed E-state index contributed by atoms with van der Waals surface area (Å²) in [6.45, 7) is 6.91. The molecule has 2 saturated heterocycles. The largest absolute Gasteiger partial charge is 0.416 e. The third-order valence-corrected chi connectivity index (χ3v) is 8.32. The van der Waals surface area contributed by atoms with E-state index in [-0.39, 0.29) is 37.4 Å². The summed E-state index contributed by atoms with van der Waals surface area (Å²) in [5, 5.41) is 0.958. The predicted molar refractivity (Wildman–Crippen MR) is 161 cm³/mol. The lowest BCUT2D eigenvalue weighted by Gasteiger charge is -2.43. The van der Waals surface area contributed by atoms with E-state index in [1.807, 2.05) is 30.5 Å². The summed E-state index contributed by atoms with van der Waals surface area (Å²) in [7, 11) is 0. The zero-order valence-corrected chi connectivity index (χ0v) is 25.7. The molecule has 2 fully saturated rings. The third-order valence-electron chi connectivity index (χ3n) is 8.32. The number of carbonyl (C=O) groups excluding carboxylic acids is 1. The highest BCUT2D eigenvalue weighted by atomic mass is 35.5. The van der Waals surface area contributed by atoms with Crippen LogP contribution in [0.15, 0.2) is 48.7 Å². The van der Waals surface area contributed by atoms with Crippen LogP contribution in [0.4, 0.5) is 26.3 Å². The lowest BCUT2D eigenvalue weighted by atomic mass is 9.98. The molecule has 0 aliphatic carbocycles. The molecule has 0 unspecified atom stereocenters. The Morgan fingerprint density at radius 2 is 1.61 bits per heavy atom. The van der Waals surface area contributed by atoms with Crippen LogP contribution in [0.3, 0.4) is 0 Å². The number of ether oxygens (including phenoxy) is 1. The summed E-state index contributed by atoms with van der Waals surface area (Å²) in [6, 6.07) is 8.61. The highest BCUT2D eigenvalue weighted by Gasteiger charge is 2.39. The third kappa shape index (κ3) is 8.20. The number of para-hydroxylation sites is 1. The number of aromatic nitrogens is 1. The zero-order chi connectivity index (χ0) is 30.1. The van der Waals surface area contributed by atoms with Gasteiger partial charge in [-0.25, -0.2) is 0 Å². The van der Waals surface area contributed by atoms with Crippen molar-refractivity contribution in [2.75, 3.05) is 52.5 Å². The number of rotatable bonds is 7. The molecule has 6 nitrogen and oxygen atoms in total. The Morgan fingerprint density at radius 1 is 0.932 bits per heavy atom. The summed E-state index contributed by atoms with van der Waals surface area (Å²) >= 11 is 0. The second-order valence-electron chi connectivity index (χ2n) is 11.0. The lowest BCUT2D eigenvalue weighted by Crippen LogP contribution is -2.57. The highest BCUT2D eigenvalue weighted by Crippen LogP contribution is 2.37. The van der Waals surface area contributed by atoms with Crippen LogP contribution in [0.5, 0.6) is 0 Å². The lowest BCUT2D eigenvalue weighted by molar-refractivity contribution is -0.143. The van der Waals surface area contributed by atoms with E-state index in [1.165, 1.54) is 4.90 Å². The Bertz CT molecular complexity index is 1370. The maximum Gasteiger partial charge on any atom is 0.416 e. The van der Waals surface area contributed by atoms with Gasteiger partial charge < -0.3 is 14.6 Å². The summed E-state index contributed by atoms with van der Waals surface area (Å²) in [4.78, 5) is 23.0. The quantitative estimate of drug-likeness (QED) is 0.291. The predicted octanol–water partition coefficient (Wildman–Crippen LogP) is 6.53. The molecule has 0 radical (unpaired) electrons. The molecular weight excluding hydrogens is 633 g/mol. The smallest absolute Gasteiger partial charge is 0.378 e. The maximum absolute atomic E-state index is 13.7. The molecule has 3 heterocycles. The summed E-state index contributed by atoms with van der Waals surface area (Å²) in [6.07, 6.45) is -6.87. The van der Waals surface area contributed by atoms with Crippen molar-refractivity contribution >= 4 is 41.6 Å². The summed E-state index contributed by atoms with van der Waals surface area (Å²) in [5.41, 5.74) is -1.78. The minimum absolute atomic E-state index is 0. The second-order valence-corrected chi connectivity index (χ2v) is 11.0. The van der Waals surface area contributed by atoms with Crippen molar-refractivity contribution < 1.29 is 35.9 Å². The van der Waals surface area contributed by atoms with Crippen LogP contribution in [-0.4, -0.2) is 90.2 Å². The maximum atomic E-state index is 13.7. The van der Waals surface area contributed by atoms with Crippen LogP contribution in [0.25, 0.3) is 10.9 Å². The molecule has 5 rings (SSSR count). The minimum atomic E-state index is -5.03. The van der Waals surface area contributed by atoms with Gasteiger partial charge in [0.25, 0.3) is 5.91 Å². The number of nitrogens with one attached hydrogen (secondary N) is 1. The monoisotopic (exact) mass is 668 g/mol. The van der Waals surface area contributed by atoms with Crippen molar-refractivity contribution in [1.29, 1.82) is 0 Å². The van der Waals surface area contributed by atoms with Crippen LogP contribution in [0.1, 0.15) is 40.4 Å². The number of aromatic amines is 1. The van der Waals surface area contributed by atoms with Crippen molar-refractivity contribution in [2.24, 2.45) is 0 Å². The SMILES string of the molecule is CC[C@H]1COCCN1CCN1CCN(C(=O)c2cc(C(F)(F)F)cc(C(F)(F)F)c2)[C@H](Cc2c[nH]c3ccccc23)C1.Cl.Cl. The van der Waals surface area contributed by atoms with E-state index < -0.39 is 41.0 Å². The van der Waals surface area contributed by atoms with E-state index in [2.05, 4.69) is 21.7 Å².